The summed E-state index contributed by atoms with van der Waals surface area (Å²) in [5.74, 6) is 2.39. The van der Waals surface area contributed by atoms with Gasteiger partial charge in [-0.1, -0.05) is 6.07 Å². The third kappa shape index (κ3) is 6.52. The van der Waals surface area contributed by atoms with Crippen molar-refractivity contribution in [2.24, 2.45) is 16.6 Å². The molecule has 1 fully saturated rings. The summed E-state index contributed by atoms with van der Waals surface area (Å²) in [5.41, 5.74) is 6.60. The number of guanidine groups is 1. The highest BCUT2D eigenvalue weighted by molar-refractivity contribution is 5.79. The van der Waals surface area contributed by atoms with Gasteiger partial charge in [0.2, 0.25) is 12.7 Å². The highest BCUT2D eigenvalue weighted by Crippen LogP contribution is 2.32. The van der Waals surface area contributed by atoms with Gasteiger partial charge < -0.3 is 30.7 Å². The molecule has 1 saturated heterocycles. The predicted octanol–water partition coefficient (Wildman–Crippen LogP) is 1.10. The molecular weight excluding hydrogens is 370 g/mol. The second-order valence-electron chi connectivity index (χ2n) is 7.59. The molecule has 0 unspecified atom stereocenters. The van der Waals surface area contributed by atoms with Crippen LogP contribution in [-0.4, -0.2) is 63.3 Å². The Balaban J connectivity index is 1.25. The van der Waals surface area contributed by atoms with Crippen molar-refractivity contribution in [3.63, 3.8) is 0 Å². The van der Waals surface area contributed by atoms with Crippen molar-refractivity contribution < 1.29 is 14.3 Å². The zero-order chi connectivity index (χ0) is 20.5. The molecule has 4 N–H and O–H groups in total. The van der Waals surface area contributed by atoms with Crippen molar-refractivity contribution in [2.45, 2.75) is 32.1 Å². The topological polar surface area (TPSA) is 101 Å². The molecule has 1 aromatic carbocycles. The van der Waals surface area contributed by atoms with Crippen molar-refractivity contribution in [1.29, 1.82) is 0 Å². The number of nitrogens with one attached hydrogen (secondary N) is 2. The number of carbonyl (C=O) groups is 1. The Labute approximate surface area is 172 Å². The van der Waals surface area contributed by atoms with E-state index in [0.717, 1.165) is 82.3 Å². The number of carbonyl (C=O) groups excluding carboxylic acids is 1. The number of nitrogens with zero attached hydrogens (tertiary/aromatic N) is 2. The molecule has 3 rings (SSSR count). The third-order valence-electron chi connectivity index (χ3n) is 5.55. The summed E-state index contributed by atoms with van der Waals surface area (Å²) in [4.78, 5) is 17.9. The summed E-state index contributed by atoms with van der Waals surface area (Å²) in [6.07, 6.45) is 4.89. The van der Waals surface area contributed by atoms with Gasteiger partial charge in [0.1, 0.15) is 0 Å². The molecule has 8 nitrogen and oxygen atoms in total. The van der Waals surface area contributed by atoms with Gasteiger partial charge >= 0.3 is 0 Å². The van der Waals surface area contributed by atoms with E-state index in [9.17, 15) is 4.79 Å². The highest BCUT2D eigenvalue weighted by Gasteiger charge is 2.22. The largest absolute Gasteiger partial charge is 0.454 e. The first-order chi connectivity index (χ1) is 14.2. The van der Waals surface area contributed by atoms with Gasteiger partial charge in [-0.05, 0) is 69.4 Å². The molecule has 1 amide bonds. The maximum atomic E-state index is 11.2. The van der Waals surface area contributed by atoms with Crippen molar-refractivity contribution in [1.82, 2.24) is 15.5 Å². The van der Waals surface area contributed by atoms with E-state index in [-0.39, 0.29) is 11.8 Å². The van der Waals surface area contributed by atoms with E-state index in [2.05, 4.69) is 26.6 Å². The number of aliphatic imine (C=N–C) groups is 1. The molecule has 0 saturated carbocycles. The lowest BCUT2D eigenvalue weighted by molar-refractivity contribution is -0.123. The van der Waals surface area contributed by atoms with Gasteiger partial charge in [-0.2, -0.15) is 0 Å². The second-order valence-corrected chi connectivity index (χ2v) is 7.59. The number of ether oxygens (including phenoxy) is 2. The minimum Gasteiger partial charge on any atom is -0.454 e. The van der Waals surface area contributed by atoms with Gasteiger partial charge in [-0.3, -0.25) is 9.79 Å². The Morgan fingerprint density at radius 3 is 2.69 bits per heavy atom. The van der Waals surface area contributed by atoms with Crippen molar-refractivity contribution in [2.75, 3.05) is 46.6 Å². The molecule has 2 aliphatic rings. The van der Waals surface area contributed by atoms with Crippen LogP contribution in [0.2, 0.25) is 0 Å². The van der Waals surface area contributed by atoms with E-state index in [0.29, 0.717) is 6.79 Å². The van der Waals surface area contributed by atoms with Crippen molar-refractivity contribution in [3.8, 4) is 11.5 Å². The Kier molecular flexibility index (Phi) is 7.98. The minimum absolute atomic E-state index is 0.0694. The summed E-state index contributed by atoms with van der Waals surface area (Å²) in [5, 5.41) is 6.73. The smallest absolute Gasteiger partial charge is 0.231 e. The summed E-state index contributed by atoms with van der Waals surface area (Å²) in [6.45, 7) is 5.02. The van der Waals surface area contributed by atoms with Crippen LogP contribution >= 0.6 is 0 Å². The predicted molar refractivity (Wildman–Crippen MR) is 113 cm³/mol. The number of primary amides is 1. The van der Waals surface area contributed by atoms with E-state index in [1.807, 2.05) is 12.1 Å². The molecule has 2 aliphatic heterocycles. The molecule has 0 aliphatic carbocycles. The normalized spacial score (nSPS) is 17.3. The quantitative estimate of drug-likeness (QED) is 0.324. The Bertz CT molecular complexity index is 702. The van der Waals surface area contributed by atoms with Crippen molar-refractivity contribution in [3.05, 3.63) is 23.8 Å². The number of hydrogen-bond donors (Lipinski definition) is 3. The van der Waals surface area contributed by atoms with Gasteiger partial charge in [-0.15, -0.1) is 0 Å². The fraction of sp³-hybridized carbons (Fsp3) is 0.619. The zero-order valence-electron chi connectivity index (χ0n) is 17.3. The number of benzene rings is 1. The van der Waals surface area contributed by atoms with Crippen LogP contribution in [0.3, 0.4) is 0 Å². The van der Waals surface area contributed by atoms with Gasteiger partial charge in [-0.25, -0.2) is 0 Å². The van der Waals surface area contributed by atoms with Gasteiger partial charge in [0.05, 0.1) is 0 Å². The summed E-state index contributed by atoms with van der Waals surface area (Å²) in [7, 11) is 1.79. The maximum Gasteiger partial charge on any atom is 0.231 e. The molecule has 0 aromatic heterocycles. The number of nitrogens with two attached hydrogens (primary N) is 1. The first kappa shape index (κ1) is 21.2. The molecule has 8 heteroatoms. The van der Waals surface area contributed by atoms with Crippen LogP contribution < -0.4 is 25.8 Å². The molecular formula is C21H33N5O3. The van der Waals surface area contributed by atoms with Crippen LogP contribution in [0.1, 0.15) is 31.2 Å². The van der Waals surface area contributed by atoms with Gasteiger partial charge in [0, 0.05) is 26.1 Å². The average molecular weight is 404 g/mol. The van der Waals surface area contributed by atoms with Gasteiger partial charge in [0.25, 0.3) is 0 Å². The Morgan fingerprint density at radius 2 is 1.93 bits per heavy atom. The number of fused-ring (bicyclic) bond motifs is 1. The first-order valence-electron chi connectivity index (χ1n) is 10.5. The number of piperidine rings is 1. The SMILES string of the molecule is CN=C(NCCCCN1CCC(C(N)=O)CC1)NCCc1ccc2c(c1)OCO2. The van der Waals surface area contributed by atoms with Crippen LogP contribution in [0.5, 0.6) is 11.5 Å². The Morgan fingerprint density at radius 1 is 1.17 bits per heavy atom. The fourth-order valence-electron chi connectivity index (χ4n) is 3.75. The number of likely N-dealkylation sites (tertiary alicyclic amines) is 1. The number of rotatable bonds is 9. The second kappa shape index (κ2) is 10.9. The van der Waals surface area contributed by atoms with E-state index in [4.69, 9.17) is 15.2 Å². The van der Waals surface area contributed by atoms with Crippen molar-refractivity contribution >= 4 is 11.9 Å². The molecule has 29 heavy (non-hydrogen) atoms. The van der Waals surface area contributed by atoms with Crippen LogP contribution in [0, 0.1) is 5.92 Å². The highest BCUT2D eigenvalue weighted by atomic mass is 16.7. The van der Waals surface area contributed by atoms with Crippen LogP contribution in [0.4, 0.5) is 0 Å². The van der Waals surface area contributed by atoms with Crippen LogP contribution in [0.15, 0.2) is 23.2 Å². The van der Waals surface area contributed by atoms with Crippen LogP contribution in [-0.2, 0) is 11.2 Å². The van der Waals surface area contributed by atoms with E-state index in [1.54, 1.807) is 7.05 Å². The van der Waals surface area contributed by atoms with Gasteiger partial charge in [0.15, 0.2) is 17.5 Å². The summed E-state index contributed by atoms with van der Waals surface area (Å²) in [6, 6.07) is 6.06. The van der Waals surface area contributed by atoms with Crippen LogP contribution in [0.25, 0.3) is 0 Å². The van der Waals surface area contributed by atoms with E-state index in [1.165, 1.54) is 5.56 Å². The molecule has 2 heterocycles. The summed E-state index contributed by atoms with van der Waals surface area (Å²) >= 11 is 0. The number of unbranched alkanes of at least 4 members (excludes halogenated alkanes) is 1. The molecule has 0 bridgehead atoms. The monoisotopic (exact) mass is 403 g/mol. The van der Waals surface area contributed by atoms with E-state index >= 15 is 0 Å². The number of amides is 1. The molecule has 0 radical (unpaired) electrons. The molecule has 1 aromatic rings. The standard InChI is InChI=1S/C21H33N5O3/c1-23-21(25-10-6-16-4-5-18-19(14-16)29-15-28-18)24-9-2-3-11-26-12-7-17(8-13-26)20(22)27/h4-5,14,17H,2-3,6-13,15H2,1H3,(H2,22,27)(H2,23,24,25). The fourth-order valence-corrected chi connectivity index (χ4v) is 3.75. The zero-order valence-corrected chi connectivity index (χ0v) is 17.3. The number of hydrogen-bond acceptors (Lipinski definition) is 5. The summed E-state index contributed by atoms with van der Waals surface area (Å²) < 4.78 is 10.8. The molecule has 0 spiro atoms. The average Bonchev–Trinajstić information content (AvgIpc) is 3.20. The molecule has 0 atom stereocenters. The molecule has 160 valence electrons. The lowest BCUT2D eigenvalue weighted by atomic mass is 9.96. The lowest BCUT2D eigenvalue weighted by Gasteiger charge is -2.30. The lowest BCUT2D eigenvalue weighted by Crippen LogP contribution is -2.40. The first-order valence-corrected chi connectivity index (χ1v) is 10.5. The van der Waals surface area contributed by atoms with E-state index < -0.39 is 0 Å². The minimum atomic E-state index is -0.147. The maximum absolute atomic E-state index is 11.2. The third-order valence-corrected chi connectivity index (χ3v) is 5.55. The Hall–Kier alpha value is -2.48.